The monoisotopic (exact) mass is 501 g/mol. The zero-order chi connectivity index (χ0) is 26.5. The van der Waals surface area contributed by atoms with Crippen LogP contribution in [0.5, 0.6) is 0 Å². The van der Waals surface area contributed by atoms with E-state index in [2.05, 4.69) is 51.3 Å². The number of benzene rings is 3. The van der Waals surface area contributed by atoms with Crippen LogP contribution in [0.4, 0.5) is 0 Å². The third kappa shape index (κ3) is 5.31. The Labute approximate surface area is 221 Å². The van der Waals surface area contributed by atoms with Gasteiger partial charge in [0, 0.05) is 44.6 Å². The largest absolute Gasteiger partial charge is 0.465 e. The Kier molecular flexibility index (Phi) is 7.25. The molecule has 0 aliphatic heterocycles. The van der Waals surface area contributed by atoms with Crippen molar-refractivity contribution in [1.82, 2.24) is 19.4 Å². The molecule has 7 nitrogen and oxygen atoms in total. The van der Waals surface area contributed by atoms with Crippen molar-refractivity contribution in [1.29, 1.82) is 5.26 Å². The lowest BCUT2D eigenvalue weighted by Crippen LogP contribution is -2.24. The van der Waals surface area contributed by atoms with Crippen LogP contribution in [0.15, 0.2) is 91.5 Å². The molecule has 7 heteroatoms. The smallest absolute Gasteiger partial charge is 0.339 e. The number of pyridine rings is 1. The number of carbonyl (C=O) groups is 1. The minimum atomic E-state index is -0.408. The minimum absolute atomic E-state index is 0.408. The average Bonchev–Trinajstić information content (AvgIpc) is 3.36. The summed E-state index contributed by atoms with van der Waals surface area (Å²) in [5.74, 6) is -0.408. The molecule has 0 spiro atoms. The number of carbonyl (C=O) groups excluding carboxylic acids is 1. The summed E-state index contributed by atoms with van der Waals surface area (Å²) in [6.45, 7) is 1.85. The molecule has 2 heterocycles. The SMILES string of the molecule is COC(=O)c1ccc(CN(Cc2ccc(C#N)c(-c3cccc4ccccc34)c2)Cc2cncn2C)nc1. The van der Waals surface area contributed by atoms with Gasteiger partial charge in [-0.05, 0) is 46.2 Å². The van der Waals surface area contributed by atoms with Crippen LogP contribution in [-0.2, 0) is 31.4 Å². The van der Waals surface area contributed by atoms with Gasteiger partial charge in [0.1, 0.15) is 0 Å². The van der Waals surface area contributed by atoms with Crippen molar-refractivity contribution >= 4 is 16.7 Å². The van der Waals surface area contributed by atoms with E-state index in [1.54, 1.807) is 18.6 Å². The van der Waals surface area contributed by atoms with E-state index in [0.29, 0.717) is 30.8 Å². The Morgan fingerprint density at radius 2 is 1.82 bits per heavy atom. The van der Waals surface area contributed by atoms with E-state index in [9.17, 15) is 10.1 Å². The van der Waals surface area contributed by atoms with Gasteiger partial charge in [0.15, 0.2) is 0 Å². The Hall–Kier alpha value is -4.80. The number of fused-ring (bicyclic) bond motifs is 1. The van der Waals surface area contributed by atoms with E-state index in [0.717, 1.165) is 38.9 Å². The molecule has 0 atom stereocenters. The molecule has 0 aliphatic rings. The number of rotatable bonds is 8. The first-order chi connectivity index (χ1) is 18.6. The molecule has 0 amide bonds. The fourth-order valence-electron chi connectivity index (χ4n) is 4.65. The van der Waals surface area contributed by atoms with E-state index in [1.807, 2.05) is 54.2 Å². The molecular weight excluding hydrogens is 474 g/mol. The molecule has 0 saturated carbocycles. The minimum Gasteiger partial charge on any atom is -0.465 e. The van der Waals surface area contributed by atoms with Crippen molar-refractivity contribution in [2.75, 3.05) is 7.11 Å². The summed E-state index contributed by atoms with van der Waals surface area (Å²) < 4.78 is 6.79. The highest BCUT2D eigenvalue weighted by Gasteiger charge is 2.15. The van der Waals surface area contributed by atoms with E-state index in [-0.39, 0.29) is 0 Å². The molecule has 2 aromatic heterocycles. The lowest BCUT2D eigenvalue weighted by atomic mass is 9.93. The zero-order valence-corrected chi connectivity index (χ0v) is 21.3. The van der Waals surface area contributed by atoms with Gasteiger partial charge in [0.2, 0.25) is 0 Å². The summed E-state index contributed by atoms with van der Waals surface area (Å²) in [5, 5.41) is 12.1. The van der Waals surface area contributed by atoms with Crippen molar-refractivity contribution in [3.05, 3.63) is 120 Å². The van der Waals surface area contributed by atoms with Crippen LogP contribution >= 0.6 is 0 Å². The van der Waals surface area contributed by atoms with Crippen LogP contribution in [0.25, 0.3) is 21.9 Å². The van der Waals surface area contributed by atoms with Gasteiger partial charge in [0.05, 0.1) is 42.0 Å². The summed E-state index contributed by atoms with van der Waals surface area (Å²) >= 11 is 0. The first-order valence-corrected chi connectivity index (χ1v) is 12.3. The maximum atomic E-state index is 11.8. The Bertz CT molecular complexity index is 1630. The third-order valence-electron chi connectivity index (χ3n) is 6.62. The first-order valence-electron chi connectivity index (χ1n) is 12.3. The number of aryl methyl sites for hydroxylation is 1. The average molecular weight is 502 g/mol. The second-order valence-corrected chi connectivity index (χ2v) is 9.19. The number of aromatic nitrogens is 3. The quantitative estimate of drug-likeness (QED) is 0.261. The molecule has 0 N–H and O–H groups in total. The van der Waals surface area contributed by atoms with Crippen LogP contribution in [-0.4, -0.2) is 32.5 Å². The fourth-order valence-corrected chi connectivity index (χ4v) is 4.65. The van der Waals surface area contributed by atoms with Gasteiger partial charge in [0.25, 0.3) is 0 Å². The summed E-state index contributed by atoms with van der Waals surface area (Å²) in [6, 6.07) is 26.4. The Morgan fingerprint density at radius 3 is 2.55 bits per heavy atom. The van der Waals surface area contributed by atoms with Crippen LogP contribution < -0.4 is 0 Å². The fraction of sp³-hybridized carbons (Fsp3) is 0.161. The Balaban J connectivity index is 1.48. The molecule has 0 unspecified atom stereocenters. The van der Waals surface area contributed by atoms with Gasteiger partial charge >= 0.3 is 5.97 Å². The zero-order valence-electron chi connectivity index (χ0n) is 21.3. The number of ether oxygens (including phenoxy) is 1. The lowest BCUT2D eigenvalue weighted by molar-refractivity contribution is 0.0600. The van der Waals surface area contributed by atoms with E-state index in [1.165, 1.54) is 7.11 Å². The van der Waals surface area contributed by atoms with Crippen LogP contribution in [0.1, 0.15) is 32.9 Å². The molecule has 188 valence electrons. The molecule has 0 bridgehead atoms. The topological polar surface area (TPSA) is 84.0 Å². The normalized spacial score (nSPS) is 11.0. The number of hydrogen-bond donors (Lipinski definition) is 0. The van der Waals surface area contributed by atoms with Crippen LogP contribution in [0, 0.1) is 11.3 Å². The van der Waals surface area contributed by atoms with Crippen molar-refractivity contribution in [3.63, 3.8) is 0 Å². The van der Waals surface area contributed by atoms with Crippen molar-refractivity contribution < 1.29 is 9.53 Å². The van der Waals surface area contributed by atoms with Gasteiger partial charge in [-0.1, -0.05) is 48.5 Å². The van der Waals surface area contributed by atoms with Crippen molar-refractivity contribution in [3.8, 4) is 17.2 Å². The molecule has 0 aliphatic carbocycles. The molecule has 3 aromatic carbocycles. The number of nitrogens with zero attached hydrogens (tertiary/aromatic N) is 5. The molecule has 0 fully saturated rings. The van der Waals surface area contributed by atoms with Crippen molar-refractivity contribution in [2.24, 2.45) is 7.05 Å². The lowest BCUT2D eigenvalue weighted by Gasteiger charge is -2.23. The molecule has 0 saturated heterocycles. The van der Waals surface area contributed by atoms with Gasteiger partial charge in [-0.15, -0.1) is 0 Å². The van der Waals surface area contributed by atoms with Gasteiger partial charge < -0.3 is 9.30 Å². The number of imidazole rings is 1. The molecular formula is C31H27N5O2. The standard InChI is InChI=1S/C31H27N5O2/c1-35-21-33-17-27(35)20-36(19-26-13-12-25(16-34-26)31(37)38-2)18-22-10-11-24(15-32)30(14-22)29-9-5-7-23-6-3-4-8-28(23)29/h3-14,16-17,21H,18-20H2,1-2H3. The van der Waals surface area contributed by atoms with Gasteiger partial charge in [-0.2, -0.15) is 5.26 Å². The molecule has 5 aromatic rings. The van der Waals surface area contributed by atoms with Gasteiger partial charge in [-0.25, -0.2) is 9.78 Å². The third-order valence-corrected chi connectivity index (χ3v) is 6.62. The highest BCUT2D eigenvalue weighted by molar-refractivity contribution is 5.97. The number of methoxy groups -OCH3 is 1. The summed E-state index contributed by atoms with van der Waals surface area (Å²) in [4.78, 5) is 22.9. The maximum Gasteiger partial charge on any atom is 0.339 e. The van der Waals surface area contributed by atoms with Crippen molar-refractivity contribution in [2.45, 2.75) is 19.6 Å². The predicted molar refractivity (Wildman–Crippen MR) is 146 cm³/mol. The van der Waals surface area contributed by atoms with E-state index < -0.39 is 5.97 Å². The van der Waals surface area contributed by atoms with Gasteiger partial charge in [-0.3, -0.25) is 9.88 Å². The first kappa shape index (κ1) is 24.9. The van der Waals surface area contributed by atoms with Crippen LogP contribution in [0.2, 0.25) is 0 Å². The predicted octanol–water partition coefficient (Wildman–Crippen LogP) is 5.50. The van der Waals surface area contributed by atoms with E-state index >= 15 is 0 Å². The number of hydrogen-bond acceptors (Lipinski definition) is 6. The highest BCUT2D eigenvalue weighted by Crippen LogP contribution is 2.32. The highest BCUT2D eigenvalue weighted by atomic mass is 16.5. The van der Waals surface area contributed by atoms with E-state index in [4.69, 9.17) is 4.74 Å². The maximum absolute atomic E-state index is 11.8. The molecule has 5 rings (SSSR count). The number of nitriles is 1. The summed E-state index contributed by atoms with van der Waals surface area (Å²) in [7, 11) is 3.33. The second kappa shape index (κ2) is 11.1. The summed E-state index contributed by atoms with van der Waals surface area (Å²) in [6.07, 6.45) is 5.20. The Morgan fingerprint density at radius 1 is 0.974 bits per heavy atom. The van der Waals surface area contributed by atoms with Crippen LogP contribution in [0.3, 0.4) is 0 Å². The molecule has 0 radical (unpaired) electrons. The second-order valence-electron chi connectivity index (χ2n) is 9.19. The molecule has 38 heavy (non-hydrogen) atoms. The number of esters is 1. The summed E-state index contributed by atoms with van der Waals surface area (Å²) in [5.41, 5.74) is 6.01.